The standard InChI is InChI=1S/C16H15BrN2O3/c1-10-2-5-12(6-3-10)19-15(20)9-22-16(21)13-8-11(17)4-7-14(13)18/h2-8H,9,18H2,1H3,(H,19,20). The average molecular weight is 363 g/mol. The summed E-state index contributed by atoms with van der Waals surface area (Å²) in [6.07, 6.45) is 0. The molecule has 0 fully saturated rings. The first-order valence-electron chi connectivity index (χ1n) is 6.54. The Hall–Kier alpha value is -2.34. The van der Waals surface area contributed by atoms with Gasteiger partial charge in [-0.3, -0.25) is 4.79 Å². The van der Waals surface area contributed by atoms with E-state index in [1.165, 1.54) is 0 Å². The molecule has 22 heavy (non-hydrogen) atoms. The van der Waals surface area contributed by atoms with Gasteiger partial charge in [0.25, 0.3) is 5.91 Å². The summed E-state index contributed by atoms with van der Waals surface area (Å²) in [6.45, 7) is 1.58. The summed E-state index contributed by atoms with van der Waals surface area (Å²) < 4.78 is 5.68. The molecule has 0 saturated carbocycles. The molecule has 2 aromatic carbocycles. The lowest BCUT2D eigenvalue weighted by Gasteiger charge is -2.08. The average Bonchev–Trinajstić information content (AvgIpc) is 2.49. The minimum Gasteiger partial charge on any atom is -0.452 e. The number of benzene rings is 2. The third kappa shape index (κ3) is 4.33. The topological polar surface area (TPSA) is 81.4 Å². The largest absolute Gasteiger partial charge is 0.452 e. The van der Waals surface area contributed by atoms with Crippen molar-refractivity contribution < 1.29 is 14.3 Å². The van der Waals surface area contributed by atoms with Gasteiger partial charge >= 0.3 is 5.97 Å². The number of hydrogen-bond donors (Lipinski definition) is 2. The van der Waals surface area contributed by atoms with Crippen LogP contribution in [0.1, 0.15) is 15.9 Å². The number of nitrogens with two attached hydrogens (primary N) is 1. The van der Waals surface area contributed by atoms with Gasteiger partial charge in [0, 0.05) is 15.8 Å². The summed E-state index contributed by atoms with van der Waals surface area (Å²) in [5.74, 6) is -1.05. The van der Waals surface area contributed by atoms with Crippen molar-refractivity contribution in [1.29, 1.82) is 0 Å². The highest BCUT2D eigenvalue weighted by molar-refractivity contribution is 9.10. The molecule has 0 atom stereocenters. The van der Waals surface area contributed by atoms with E-state index in [-0.39, 0.29) is 12.2 Å². The number of nitrogens with one attached hydrogen (secondary N) is 1. The third-order valence-electron chi connectivity index (χ3n) is 2.90. The Balaban J connectivity index is 1.91. The number of ether oxygens (including phenoxy) is 1. The zero-order valence-corrected chi connectivity index (χ0v) is 13.5. The van der Waals surface area contributed by atoms with Gasteiger partial charge in [0.2, 0.25) is 0 Å². The molecular formula is C16H15BrN2O3. The predicted molar refractivity (Wildman–Crippen MR) is 88.6 cm³/mol. The molecule has 0 unspecified atom stereocenters. The smallest absolute Gasteiger partial charge is 0.340 e. The zero-order valence-electron chi connectivity index (χ0n) is 11.9. The highest BCUT2D eigenvalue weighted by atomic mass is 79.9. The molecule has 3 N–H and O–H groups in total. The monoisotopic (exact) mass is 362 g/mol. The Morgan fingerprint density at radius 2 is 1.86 bits per heavy atom. The Kier molecular flexibility index (Phi) is 5.16. The summed E-state index contributed by atoms with van der Waals surface area (Å²) in [4.78, 5) is 23.7. The van der Waals surface area contributed by atoms with Crippen molar-refractivity contribution in [3.05, 3.63) is 58.1 Å². The summed E-state index contributed by atoms with van der Waals surface area (Å²) in [7, 11) is 0. The van der Waals surface area contributed by atoms with E-state index < -0.39 is 11.9 Å². The van der Waals surface area contributed by atoms with E-state index in [0.29, 0.717) is 15.8 Å². The van der Waals surface area contributed by atoms with Crippen LogP contribution in [0.4, 0.5) is 11.4 Å². The van der Waals surface area contributed by atoms with E-state index in [0.717, 1.165) is 5.56 Å². The molecule has 0 bridgehead atoms. The number of carbonyl (C=O) groups is 2. The van der Waals surface area contributed by atoms with Gasteiger partial charge in [-0.2, -0.15) is 0 Å². The zero-order chi connectivity index (χ0) is 16.1. The molecule has 0 spiro atoms. The lowest BCUT2D eigenvalue weighted by Crippen LogP contribution is -2.21. The highest BCUT2D eigenvalue weighted by Crippen LogP contribution is 2.19. The molecule has 0 heterocycles. The van der Waals surface area contributed by atoms with Gasteiger partial charge in [-0.25, -0.2) is 4.79 Å². The minimum atomic E-state index is -0.641. The number of esters is 1. The Bertz CT molecular complexity index is 699. The predicted octanol–water partition coefficient (Wildman–Crippen LogP) is 3.14. The van der Waals surface area contributed by atoms with Crippen LogP contribution < -0.4 is 11.1 Å². The van der Waals surface area contributed by atoms with Crippen molar-refractivity contribution in [2.24, 2.45) is 0 Å². The summed E-state index contributed by atoms with van der Waals surface area (Å²) in [5.41, 5.74) is 7.97. The van der Waals surface area contributed by atoms with Gasteiger partial charge in [0.1, 0.15) is 0 Å². The van der Waals surface area contributed by atoms with Crippen LogP contribution in [0, 0.1) is 6.92 Å². The fourth-order valence-corrected chi connectivity index (χ4v) is 2.11. The molecule has 0 aromatic heterocycles. The molecule has 2 rings (SSSR count). The van der Waals surface area contributed by atoms with Crippen LogP contribution in [0.5, 0.6) is 0 Å². The SMILES string of the molecule is Cc1ccc(NC(=O)COC(=O)c2cc(Br)ccc2N)cc1. The van der Waals surface area contributed by atoms with Crippen LogP contribution in [0.2, 0.25) is 0 Å². The van der Waals surface area contributed by atoms with E-state index in [9.17, 15) is 9.59 Å². The molecule has 114 valence electrons. The highest BCUT2D eigenvalue weighted by Gasteiger charge is 2.13. The molecule has 0 radical (unpaired) electrons. The summed E-state index contributed by atoms with van der Waals surface area (Å²) in [5, 5.41) is 2.65. The van der Waals surface area contributed by atoms with E-state index in [4.69, 9.17) is 10.5 Å². The van der Waals surface area contributed by atoms with Crippen molar-refractivity contribution in [2.75, 3.05) is 17.7 Å². The van der Waals surface area contributed by atoms with Crippen LogP contribution >= 0.6 is 15.9 Å². The molecule has 0 aliphatic carbocycles. The maximum atomic E-state index is 11.9. The first-order valence-corrected chi connectivity index (χ1v) is 7.33. The Morgan fingerprint density at radius 1 is 1.18 bits per heavy atom. The number of carbonyl (C=O) groups excluding carboxylic acids is 2. The summed E-state index contributed by atoms with van der Waals surface area (Å²) in [6, 6.07) is 12.2. The van der Waals surface area contributed by atoms with Gasteiger partial charge in [-0.15, -0.1) is 0 Å². The van der Waals surface area contributed by atoms with Gasteiger partial charge in [0.05, 0.1) is 5.56 Å². The number of amides is 1. The fraction of sp³-hybridized carbons (Fsp3) is 0.125. The molecule has 2 aromatic rings. The minimum absolute atomic E-state index is 0.220. The second kappa shape index (κ2) is 7.09. The van der Waals surface area contributed by atoms with Crippen molar-refractivity contribution in [1.82, 2.24) is 0 Å². The third-order valence-corrected chi connectivity index (χ3v) is 3.40. The van der Waals surface area contributed by atoms with Crippen molar-refractivity contribution in [3.63, 3.8) is 0 Å². The summed E-state index contributed by atoms with van der Waals surface area (Å²) >= 11 is 3.25. The molecule has 0 saturated heterocycles. The Labute approximate surface area is 136 Å². The van der Waals surface area contributed by atoms with Crippen LogP contribution in [0.15, 0.2) is 46.9 Å². The van der Waals surface area contributed by atoms with Gasteiger partial charge in [-0.05, 0) is 37.3 Å². The maximum absolute atomic E-state index is 11.9. The number of rotatable bonds is 4. The fourth-order valence-electron chi connectivity index (χ4n) is 1.75. The number of nitrogen functional groups attached to an aromatic ring is 1. The van der Waals surface area contributed by atoms with Gasteiger partial charge < -0.3 is 15.8 Å². The van der Waals surface area contributed by atoms with Crippen molar-refractivity contribution in [3.8, 4) is 0 Å². The number of hydrogen-bond acceptors (Lipinski definition) is 4. The van der Waals surface area contributed by atoms with Crippen LogP contribution in [-0.4, -0.2) is 18.5 Å². The van der Waals surface area contributed by atoms with Crippen LogP contribution in [0.25, 0.3) is 0 Å². The molecule has 6 heteroatoms. The molecule has 0 aliphatic rings. The van der Waals surface area contributed by atoms with Gasteiger partial charge in [0.15, 0.2) is 6.61 Å². The number of aryl methyl sites for hydroxylation is 1. The van der Waals surface area contributed by atoms with Crippen LogP contribution in [-0.2, 0) is 9.53 Å². The lowest BCUT2D eigenvalue weighted by atomic mass is 10.2. The number of halogens is 1. The van der Waals surface area contributed by atoms with E-state index >= 15 is 0 Å². The maximum Gasteiger partial charge on any atom is 0.340 e. The Morgan fingerprint density at radius 3 is 2.55 bits per heavy atom. The van der Waals surface area contributed by atoms with E-state index in [1.54, 1.807) is 30.3 Å². The van der Waals surface area contributed by atoms with Gasteiger partial charge in [-0.1, -0.05) is 33.6 Å². The van der Waals surface area contributed by atoms with Crippen molar-refractivity contribution in [2.45, 2.75) is 6.92 Å². The number of anilines is 2. The van der Waals surface area contributed by atoms with Crippen molar-refractivity contribution >= 4 is 39.2 Å². The molecule has 5 nitrogen and oxygen atoms in total. The second-order valence-corrected chi connectivity index (χ2v) is 5.64. The second-order valence-electron chi connectivity index (χ2n) is 4.72. The van der Waals surface area contributed by atoms with E-state index in [2.05, 4.69) is 21.2 Å². The quantitative estimate of drug-likeness (QED) is 0.646. The lowest BCUT2D eigenvalue weighted by molar-refractivity contribution is -0.119. The normalized spacial score (nSPS) is 10.1. The van der Waals surface area contributed by atoms with Crippen LogP contribution in [0.3, 0.4) is 0 Å². The first-order chi connectivity index (χ1) is 10.5. The first kappa shape index (κ1) is 16.0. The molecule has 1 amide bonds. The molecular weight excluding hydrogens is 348 g/mol. The van der Waals surface area contributed by atoms with E-state index in [1.807, 2.05) is 19.1 Å². The molecule has 0 aliphatic heterocycles.